The first-order valence-corrected chi connectivity index (χ1v) is 7.05. The zero-order valence-corrected chi connectivity index (χ0v) is 11.4. The Morgan fingerprint density at radius 2 is 1.95 bits per heavy atom. The number of hydrogen-bond acceptors (Lipinski definition) is 1. The third-order valence-corrected chi connectivity index (χ3v) is 3.52. The summed E-state index contributed by atoms with van der Waals surface area (Å²) in [7, 11) is 0. The molecule has 1 heterocycles. The summed E-state index contributed by atoms with van der Waals surface area (Å²) in [5, 5.41) is 10.3. The Morgan fingerprint density at radius 1 is 1.16 bits per heavy atom. The van der Waals surface area contributed by atoms with Gasteiger partial charge in [-0.1, -0.05) is 44.7 Å². The highest BCUT2D eigenvalue weighted by Crippen LogP contribution is 2.21. The summed E-state index contributed by atoms with van der Waals surface area (Å²) in [6, 6.07) is 7.44. The summed E-state index contributed by atoms with van der Waals surface area (Å²) < 4.78 is 2.07. The summed E-state index contributed by atoms with van der Waals surface area (Å²) in [5.41, 5.74) is 1.25. The molecular weight excluding hydrogens is 238 g/mol. The first-order valence-electron chi connectivity index (χ1n) is 7.05. The molecule has 0 unspecified atom stereocenters. The minimum Gasteiger partial charge on any atom is -0.478 e. The number of aromatic carboxylic acids is 1. The minimum absolute atomic E-state index is 0.399. The fourth-order valence-corrected chi connectivity index (χ4v) is 2.51. The molecule has 0 spiro atoms. The van der Waals surface area contributed by atoms with E-state index in [1.165, 1.54) is 25.7 Å². The highest BCUT2D eigenvalue weighted by Gasteiger charge is 2.11. The van der Waals surface area contributed by atoms with Crippen LogP contribution in [0.25, 0.3) is 10.9 Å². The Morgan fingerprint density at radius 3 is 2.68 bits per heavy atom. The lowest BCUT2D eigenvalue weighted by Gasteiger charge is -2.07. The van der Waals surface area contributed by atoms with Crippen LogP contribution in [0.5, 0.6) is 0 Å². The van der Waals surface area contributed by atoms with E-state index in [9.17, 15) is 9.90 Å². The maximum absolute atomic E-state index is 11.3. The number of nitrogens with zero attached hydrogens (tertiary/aromatic N) is 1. The molecule has 3 heteroatoms. The number of benzene rings is 1. The zero-order chi connectivity index (χ0) is 13.7. The summed E-state index contributed by atoms with van der Waals surface area (Å²) >= 11 is 0. The molecule has 1 aromatic carbocycles. The fourth-order valence-electron chi connectivity index (χ4n) is 2.51. The van der Waals surface area contributed by atoms with Crippen molar-refractivity contribution in [3.63, 3.8) is 0 Å². The molecule has 0 radical (unpaired) electrons. The molecule has 2 rings (SSSR count). The predicted molar refractivity (Wildman–Crippen MR) is 77.7 cm³/mol. The van der Waals surface area contributed by atoms with Crippen LogP contribution < -0.4 is 0 Å². The molecule has 0 aliphatic heterocycles. The molecule has 1 N–H and O–H groups in total. The van der Waals surface area contributed by atoms with E-state index in [4.69, 9.17) is 0 Å². The largest absolute Gasteiger partial charge is 0.478 e. The van der Waals surface area contributed by atoms with Crippen molar-refractivity contribution in [3.8, 4) is 0 Å². The number of carbonyl (C=O) groups is 1. The first-order chi connectivity index (χ1) is 9.24. The van der Waals surface area contributed by atoms with E-state index in [2.05, 4.69) is 11.5 Å². The Kier molecular flexibility index (Phi) is 4.61. The molecule has 1 aromatic heterocycles. The normalized spacial score (nSPS) is 11.0. The van der Waals surface area contributed by atoms with Gasteiger partial charge in [-0.25, -0.2) is 4.79 Å². The van der Waals surface area contributed by atoms with E-state index < -0.39 is 5.97 Å². The van der Waals surface area contributed by atoms with Crippen LogP contribution in [0, 0.1) is 0 Å². The van der Waals surface area contributed by atoms with Crippen LogP contribution in [-0.4, -0.2) is 15.6 Å². The number of carboxylic acids is 1. The third-order valence-electron chi connectivity index (χ3n) is 3.52. The van der Waals surface area contributed by atoms with Gasteiger partial charge in [0, 0.05) is 18.1 Å². The van der Waals surface area contributed by atoms with Gasteiger partial charge in [-0.2, -0.15) is 0 Å². The van der Waals surface area contributed by atoms with Crippen LogP contribution in [0.4, 0.5) is 0 Å². The van der Waals surface area contributed by atoms with Gasteiger partial charge in [0.25, 0.3) is 0 Å². The van der Waals surface area contributed by atoms with Gasteiger partial charge in [-0.3, -0.25) is 0 Å². The first kappa shape index (κ1) is 13.7. The fraction of sp³-hybridized carbons (Fsp3) is 0.438. The smallest absolute Gasteiger partial charge is 0.337 e. The Hall–Kier alpha value is -1.77. The lowest BCUT2D eigenvalue weighted by Crippen LogP contribution is -2.03. The Balaban J connectivity index is 2.12. The SMILES string of the molecule is CCCCCCCn1ccc2cccc(C(=O)O)c21. The summed E-state index contributed by atoms with van der Waals surface area (Å²) in [5.74, 6) is -0.850. The summed E-state index contributed by atoms with van der Waals surface area (Å²) in [6.45, 7) is 3.11. The number of rotatable bonds is 7. The van der Waals surface area contributed by atoms with Crippen molar-refractivity contribution in [2.24, 2.45) is 0 Å². The van der Waals surface area contributed by atoms with E-state index in [1.807, 2.05) is 18.3 Å². The van der Waals surface area contributed by atoms with Crippen LogP contribution in [-0.2, 0) is 6.54 Å². The van der Waals surface area contributed by atoms with Crippen LogP contribution in [0.1, 0.15) is 49.4 Å². The molecule has 0 saturated carbocycles. The number of aryl methyl sites for hydroxylation is 1. The second-order valence-corrected chi connectivity index (χ2v) is 4.97. The maximum atomic E-state index is 11.3. The molecule has 2 aromatic rings. The van der Waals surface area contributed by atoms with Gasteiger partial charge < -0.3 is 9.67 Å². The standard InChI is InChI=1S/C16H21NO2/c1-2-3-4-5-6-11-17-12-10-13-8-7-9-14(15(13)17)16(18)19/h7-10,12H,2-6,11H2,1H3,(H,18,19). The number of unbranched alkanes of at least 4 members (excludes halogenated alkanes) is 4. The zero-order valence-electron chi connectivity index (χ0n) is 11.4. The number of aromatic nitrogens is 1. The Labute approximate surface area is 113 Å². The molecule has 0 amide bonds. The van der Waals surface area contributed by atoms with Crippen LogP contribution >= 0.6 is 0 Å². The average molecular weight is 259 g/mol. The molecule has 0 atom stereocenters. The van der Waals surface area contributed by atoms with E-state index in [-0.39, 0.29) is 0 Å². The molecule has 0 aliphatic carbocycles. The number of carboxylic acid groups (broad SMARTS) is 1. The summed E-state index contributed by atoms with van der Waals surface area (Å²) in [6.07, 6.45) is 8.11. The van der Waals surface area contributed by atoms with Crippen molar-refractivity contribution in [1.82, 2.24) is 4.57 Å². The predicted octanol–water partition coefficient (Wildman–Crippen LogP) is 4.31. The molecule has 0 bridgehead atoms. The number of para-hydroxylation sites is 1. The highest BCUT2D eigenvalue weighted by atomic mass is 16.4. The second-order valence-electron chi connectivity index (χ2n) is 4.97. The van der Waals surface area contributed by atoms with Gasteiger partial charge in [-0.15, -0.1) is 0 Å². The average Bonchev–Trinajstić information content (AvgIpc) is 2.81. The van der Waals surface area contributed by atoms with E-state index in [0.29, 0.717) is 5.56 Å². The highest BCUT2D eigenvalue weighted by molar-refractivity contribution is 6.02. The van der Waals surface area contributed by atoms with Gasteiger partial charge in [0.2, 0.25) is 0 Å². The molecule has 0 aliphatic rings. The van der Waals surface area contributed by atoms with Crippen molar-refractivity contribution >= 4 is 16.9 Å². The van der Waals surface area contributed by atoms with Crippen LogP contribution in [0.2, 0.25) is 0 Å². The van der Waals surface area contributed by atoms with Crippen molar-refractivity contribution in [2.45, 2.75) is 45.6 Å². The Bertz CT molecular complexity index is 557. The third kappa shape index (κ3) is 3.16. The van der Waals surface area contributed by atoms with Gasteiger partial charge in [0.1, 0.15) is 0 Å². The molecule has 3 nitrogen and oxygen atoms in total. The van der Waals surface area contributed by atoms with Crippen LogP contribution in [0.15, 0.2) is 30.5 Å². The van der Waals surface area contributed by atoms with Gasteiger partial charge in [0.15, 0.2) is 0 Å². The quantitative estimate of drug-likeness (QED) is 0.753. The minimum atomic E-state index is -0.850. The van der Waals surface area contributed by atoms with E-state index in [1.54, 1.807) is 12.1 Å². The van der Waals surface area contributed by atoms with E-state index >= 15 is 0 Å². The van der Waals surface area contributed by atoms with Crippen molar-refractivity contribution in [1.29, 1.82) is 0 Å². The van der Waals surface area contributed by atoms with E-state index in [0.717, 1.165) is 23.9 Å². The lowest BCUT2D eigenvalue weighted by molar-refractivity contribution is 0.0698. The molecule has 19 heavy (non-hydrogen) atoms. The monoisotopic (exact) mass is 259 g/mol. The lowest BCUT2D eigenvalue weighted by atomic mass is 10.1. The van der Waals surface area contributed by atoms with Crippen molar-refractivity contribution in [3.05, 3.63) is 36.0 Å². The second kappa shape index (κ2) is 6.41. The number of hydrogen-bond donors (Lipinski definition) is 1. The van der Waals surface area contributed by atoms with Crippen molar-refractivity contribution in [2.75, 3.05) is 0 Å². The molecule has 102 valence electrons. The van der Waals surface area contributed by atoms with Crippen LogP contribution in [0.3, 0.4) is 0 Å². The summed E-state index contributed by atoms with van der Waals surface area (Å²) in [4.78, 5) is 11.3. The molecule has 0 fully saturated rings. The van der Waals surface area contributed by atoms with Crippen molar-refractivity contribution < 1.29 is 9.90 Å². The molecule has 0 saturated heterocycles. The van der Waals surface area contributed by atoms with Gasteiger partial charge in [0.05, 0.1) is 11.1 Å². The molecular formula is C16H21NO2. The maximum Gasteiger partial charge on any atom is 0.337 e. The number of fused-ring (bicyclic) bond motifs is 1. The van der Waals surface area contributed by atoms with Gasteiger partial charge >= 0.3 is 5.97 Å². The topological polar surface area (TPSA) is 42.2 Å². The van der Waals surface area contributed by atoms with Gasteiger partial charge in [-0.05, 0) is 18.6 Å².